The van der Waals surface area contributed by atoms with Gasteiger partial charge in [0.2, 0.25) is 0 Å². The number of piperazine rings is 1. The topological polar surface area (TPSA) is 53.7 Å². The predicted octanol–water partition coefficient (Wildman–Crippen LogP) is 0.815. The van der Waals surface area contributed by atoms with E-state index in [4.69, 9.17) is 0 Å². The van der Waals surface area contributed by atoms with Crippen molar-refractivity contribution in [3.8, 4) is 0 Å². The van der Waals surface area contributed by atoms with E-state index in [1.54, 1.807) is 16.9 Å². The molecule has 0 spiro atoms. The molecule has 0 N–H and O–H groups in total. The van der Waals surface area contributed by atoms with Crippen molar-refractivity contribution in [3.05, 3.63) is 29.7 Å². The summed E-state index contributed by atoms with van der Waals surface area (Å²) in [5, 5.41) is 4.30. The lowest BCUT2D eigenvalue weighted by Crippen LogP contribution is -2.48. The normalized spacial score (nSPS) is 16.8. The molecule has 6 heteroatoms. The van der Waals surface area contributed by atoms with Gasteiger partial charge in [0.25, 0.3) is 5.91 Å². The number of likely N-dealkylation sites (N-methyl/N-ethyl adjacent to an activating group) is 1. The Labute approximate surface area is 118 Å². The van der Waals surface area contributed by atoms with Gasteiger partial charge >= 0.3 is 0 Å². The van der Waals surface area contributed by atoms with Crippen LogP contribution in [-0.4, -0.2) is 63.0 Å². The standard InChI is InChI=1S/C14H19N5O/c1-3-17-4-6-18(7-5-17)14(20)12-9-15-13-8-11(2)16-19(13)10-12/h8-10H,3-7H2,1-2H3. The summed E-state index contributed by atoms with van der Waals surface area (Å²) in [6.45, 7) is 8.56. The molecule has 0 saturated carbocycles. The van der Waals surface area contributed by atoms with Crippen LogP contribution in [0.3, 0.4) is 0 Å². The summed E-state index contributed by atoms with van der Waals surface area (Å²) in [5.74, 6) is 0.0447. The second kappa shape index (κ2) is 5.20. The molecule has 1 fully saturated rings. The Morgan fingerprint density at radius 2 is 2.05 bits per heavy atom. The molecule has 6 nitrogen and oxygen atoms in total. The number of hydrogen-bond donors (Lipinski definition) is 0. The lowest BCUT2D eigenvalue weighted by Gasteiger charge is -2.34. The van der Waals surface area contributed by atoms with E-state index in [9.17, 15) is 4.79 Å². The summed E-state index contributed by atoms with van der Waals surface area (Å²) >= 11 is 0. The van der Waals surface area contributed by atoms with Gasteiger partial charge in [-0.05, 0) is 13.5 Å². The van der Waals surface area contributed by atoms with Crippen LogP contribution < -0.4 is 0 Å². The summed E-state index contributed by atoms with van der Waals surface area (Å²) in [5.41, 5.74) is 2.28. The molecule has 2 aromatic heterocycles. The Bertz CT molecular complexity index is 628. The van der Waals surface area contributed by atoms with Gasteiger partial charge in [-0.1, -0.05) is 6.92 Å². The lowest BCUT2D eigenvalue weighted by atomic mass is 10.2. The van der Waals surface area contributed by atoms with E-state index in [1.807, 2.05) is 17.9 Å². The molecule has 0 atom stereocenters. The fourth-order valence-electron chi connectivity index (χ4n) is 2.56. The molecule has 0 aliphatic carbocycles. The zero-order valence-electron chi connectivity index (χ0n) is 11.9. The minimum absolute atomic E-state index is 0.0447. The first-order valence-corrected chi connectivity index (χ1v) is 7.01. The van der Waals surface area contributed by atoms with E-state index in [1.165, 1.54) is 0 Å². The SMILES string of the molecule is CCN1CCN(C(=O)c2cnc3cc(C)nn3c2)CC1. The zero-order valence-corrected chi connectivity index (χ0v) is 11.9. The van der Waals surface area contributed by atoms with Crippen LogP contribution in [0, 0.1) is 6.92 Å². The van der Waals surface area contributed by atoms with Gasteiger partial charge in [-0.3, -0.25) is 4.79 Å². The van der Waals surface area contributed by atoms with Gasteiger partial charge in [0.1, 0.15) is 0 Å². The van der Waals surface area contributed by atoms with E-state index < -0.39 is 0 Å². The van der Waals surface area contributed by atoms with Crippen molar-refractivity contribution in [2.75, 3.05) is 32.7 Å². The Kier molecular flexibility index (Phi) is 3.40. The average Bonchev–Trinajstić information content (AvgIpc) is 2.85. The maximum atomic E-state index is 12.5. The largest absolute Gasteiger partial charge is 0.336 e. The van der Waals surface area contributed by atoms with Crippen LogP contribution in [0.2, 0.25) is 0 Å². The van der Waals surface area contributed by atoms with Crippen LogP contribution in [0.25, 0.3) is 5.65 Å². The van der Waals surface area contributed by atoms with Crippen LogP contribution >= 0.6 is 0 Å². The van der Waals surface area contributed by atoms with Crippen LogP contribution in [0.15, 0.2) is 18.5 Å². The number of aromatic nitrogens is 3. The number of amides is 1. The molecule has 1 saturated heterocycles. The first kappa shape index (κ1) is 13.1. The highest BCUT2D eigenvalue weighted by Gasteiger charge is 2.21. The summed E-state index contributed by atoms with van der Waals surface area (Å²) in [6.07, 6.45) is 3.41. The molecule has 0 radical (unpaired) electrons. The van der Waals surface area contributed by atoms with Gasteiger partial charge in [0, 0.05) is 44.6 Å². The molecule has 3 rings (SSSR count). The molecular formula is C14H19N5O. The summed E-state index contributed by atoms with van der Waals surface area (Å²) in [6, 6.07) is 1.90. The number of carbonyl (C=O) groups excluding carboxylic acids is 1. The molecule has 106 valence electrons. The van der Waals surface area contributed by atoms with Crippen LogP contribution in [0.5, 0.6) is 0 Å². The first-order chi connectivity index (χ1) is 9.67. The summed E-state index contributed by atoms with van der Waals surface area (Å²) in [4.78, 5) is 21.0. The Morgan fingerprint density at radius 3 is 2.75 bits per heavy atom. The molecule has 3 heterocycles. The van der Waals surface area contributed by atoms with Gasteiger partial charge in [0.15, 0.2) is 5.65 Å². The van der Waals surface area contributed by atoms with E-state index in [-0.39, 0.29) is 5.91 Å². The number of carbonyl (C=O) groups is 1. The molecule has 2 aromatic rings. The van der Waals surface area contributed by atoms with Crippen molar-refractivity contribution in [2.24, 2.45) is 0 Å². The molecule has 0 unspecified atom stereocenters. The quantitative estimate of drug-likeness (QED) is 0.813. The summed E-state index contributed by atoms with van der Waals surface area (Å²) < 4.78 is 1.67. The van der Waals surface area contributed by atoms with E-state index >= 15 is 0 Å². The predicted molar refractivity (Wildman–Crippen MR) is 75.7 cm³/mol. The van der Waals surface area contributed by atoms with E-state index in [0.717, 1.165) is 44.1 Å². The third-order valence-corrected chi connectivity index (χ3v) is 3.79. The van der Waals surface area contributed by atoms with Crippen molar-refractivity contribution < 1.29 is 4.79 Å². The molecule has 0 aromatic carbocycles. The number of nitrogens with zero attached hydrogens (tertiary/aromatic N) is 5. The first-order valence-electron chi connectivity index (χ1n) is 7.01. The molecular weight excluding hydrogens is 254 g/mol. The van der Waals surface area contributed by atoms with Gasteiger partial charge in [0.05, 0.1) is 11.3 Å². The van der Waals surface area contributed by atoms with Crippen LogP contribution in [0.1, 0.15) is 23.0 Å². The molecule has 0 bridgehead atoms. The molecule has 1 aliphatic rings. The molecule has 20 heavy (non-hydrogen) atoms. The average molecular weight is 273 g/mol. The van der Waals surface area contributed by atoms with Crippen molar-refractivity contribution in [3.63, 3.8) is 0 Å². The van der Waals surface area contributed by atoms with E-state index in [2.05, 4.69) is 21.9 Å². The summed E-state index contributed by atoms with van der Waals surface area (Å²) in [7, 11) is 0. The van der Waals surface area contributed by atoms with Gasteiger partial charge < -0.3 is 9.80 Å². The minimum atomic E-state index is 0.0447. The number of hydrogen-bond acceptors (Lipinski definition) is 4. The Hall–Kier alpha value is -1.95. The number of aryl methyl sites for hydroxylation is 1. The lowest BCUT2D eigenvalue weighted by molar-refractivity contribution is 0.0642. The highest BCUT2D eigenvalue weighted by molar-refractivity contribution is 5.93. The van der Waals surface area contributed by atoms with Crippen LogP contribution in [-0.2, 0) is 0 Å². The Morgan fingerprint density at radius 1 is 1.30 bits per heavy atom. The van der Waals surface area contributed by atoms with Crippen molar-refractivity contribution in [2.45, 2.75) is 13.8 Å². The van der Waals surface area contributed by atoms with E-state index in [0.29, 0.717) is 5.56 Å². The highest BCUT2D eigenvalue weighted by atomic mass is 16.2. The highest BCUT2D eigenvalue weighted by Crippen LogP contribution is 2.10. The number of rotatable bonds is 2. The second-order valence-corrected chi connectivity index (χ2v) is 5.16. The van der Waals surface area contributed by atoms with Crippen molar-refractivity contribution in [1.82, 2.24) is 24.4 Å². The minimum Gasteiger partial charge on any atom is -0.336 e. The fraction of sp³-hybridized carbons (Fsp3) is 0.500. The number of fused-ring (bicyclic) bond motifs is 1. The molecule has 1 aliphatic heterocycles. The third-order valence-electron chi connectivity index (χ3n) is 3.79. The fourth-order valence-corrected chi connectivity index (χ4v) is 2.56. The van der Waals surface area contributed by atoms with Crippen molar-refractivity contribution in [1.29, 1.82) is 0 Å². The molecule has 1 amide bonds. The zero-order chi connectivity index (χ0) is 14.1. The smallest absolute Gasteiger partial charge is 0.257 e. The van der Waals surface area contributed by atoms with Gasteiger partial charge in [-0.2, -0.15) is 5.10 Å². The maximum absolute atomic E-state index is 12.5. The Balaban J connectivity index is 1.78. The third kappa shape index (κ3) is 2.38. The van der Waals surface area contributed by atoms with Gasteiger partial charge in [-0.15, -0.1) is 0 Å². The second-order valence-electron chi connectivity index (χ2n) is 5.16. The van der Waals surface area contributed by atoms with Crippen molar-refractivity contribution >= 4 is 11.6 Å². The van der Waals surface area contributed by atoms with Gasteiger partial charge in [-0.25, -0.2) is 9.50 Å². The van der Waals surface area contributed by atoms with Crippen LogP contribution in [0.4, 0.5) is 0 Å². The maximum Gasteiger partial charge on any atom is 0.257 e. The monoisotopic (exact) mass is 273 g/mol.